The van der Waals surface area contributed by atoms with E-state index in [9.17, 15) is 9.90 Å². The zero-order valence-electron chi connectivity index (χ0n) is 12.0. The fourth-order valence-corrected chi connectivity index (χ4v) is 3.27. The summed E-state index contributed by atoms with van der Waals surface area (Å²) in [5.74, 6) is 0.494. The molecule has 3 N–H and O–H groups in total. The molecule has 0 bridgehead atoms. The number of rotatable bonds is 3. The summed E-state index contributed by atoms with van der Waals surface area (Å²) in [6.45, 7) is 0. The maximum absolute atomic E-state index is 12.0. The number of aliphatic hydroxyl groups excluding tert-OH is 1. The number of nitrogens with zero attached hydrogens (tertiary/aromatic N) is 2. The number of thiazole rings is 1. The topological polar surface area (TPSA) is 87.1 Å². The maximum atomic E-state index is 12.0. The number of pyridine rings is 1. The fourth-order valence-electron chi connectivity index (χ4n) is 2.54. The number of nitrogens with one attached hydrogen (secondary N) is 2. The van der Waals surface area contributed by atoms with Crippen LogP contribution in [0.2, 0.25) is 0 Å². The number of anilines is 1. The summed E-state index contributed by atoms with van der Waals surface area (Å²) in [7, 11) is 0. The molecule has 2 atom stereocenters. The normalized spacial score (nSPS) is 21.3. The molecular weight excluding hydrogens is 300 g/mol. The van der Waals surface area contributed by atoms with Crippen LogP contribution in [0, 0.1) is 0 Å². The minimum Gasteiger partial charge on any atom is -0.391 e. The van der Waals surface area contributed by atoms with Crippen LogP contribution in [0.1, 0.15) is 25.7 Å². The first kappa shape index (κ1) is 14.9. The number of urea groups is 1. The second kappa shape index (κ2) is 6.85. The Morgan fingerprint density at radius 3 is 2.95 bits per heavy atom. The van der Waals surface area contributed by atoms with Gasteiger partial charge in [0.05, 0.1) is 17.8 Å². The molecule has 3 rings (SSSR count). The third kappa shape index (κ3) is 3.61. The van der Waals surface area contributed by atoms with Crippen molar-refractivity contribution < 1.29 is 9.90 Å². The van der Waals surface area contributed by atoms with Gasteiger partial charge in [0.2, 0.25) is 0 Å². The lowest BCUT2D eigenvalue weighted by Crippen LogP contribution is -2.46. The third-order valence-corrected chi connectivity index (χ3v) is 4.54. The zero-order chi connectivity index (χ0) is 15.4. The number of carbonyl (C=O) groups excluding carboxylic acids is 1. The van der Waals surface area contributed by atoms with Crippen LogP contribution in [0.4, 0.5) is 10.6 Å². The first-order valence-electron chi connectivity index (χ1n) is 7.35. The van der Waals surface area contributed by atoms with Gasteiger partial charge in [-0.2, -0.15) is 0 Å². The molecule has 2 amide bonds. The van der Waals surface area contributed by atoms with Crippen LogP contribution < -0.4 is 10.6 Å². The van der Waals surface area contributed by atoms with Crippen LogP contribution in [0.25, 0.3) is 10.7 Å². The van der Waals surface area contributed by atoms with E-state index < -0.39 is 6.10 Å². The Morgan fingerprint density at radius 1 is 1.32 bits per heavy atom. The van der Waals surface area contributed by atoms with E-state index in [-0.39, 0.29) is 12.1 Å². The summed E-state index contributed by atoms with van der Waals surface area (Å²) in [5, 5.41) is 17.9. The van der Waals surface area contributed by atoms with Gasteiger partial charge in [-0.1, -0.05) is 18.9 Å². The van der Waals surface area contributed by atoms with Gasteiger partial charge in [0.1, 0.15) is 10.8 Å². The first-order valence-corrected chi connectivity index (χ1v) is 8.23. The lowest BCUT2D eigenvalue weighted by molar-refractivity contribution is 0.0955. The molecule has 1 saturated carbocycles. The molecular formula is C15H18N4O2S. The molecule has 1 aliphatic carbocycles. The minimum absolute atomic E-state index is 0.178. The van der Waals surface area contributed by atoms with E-state index in [0.29, 0.717) is 5.82 Å². The molecule has 1 fully saturated rings. The van der Waals surface area contributed by atoms with Gasteiger partial charge in [-0.15, -0.1) is 11.3 Å². The van der Waals surface area contributed by atoms with E-state index in [1.54, 1.807) is 11.6 Å². The van der Waals surface area contributed by atoms with Crippen LogP contribution >= 0.6 is 11.3 Å². The van der Waals surface area contributed by atoms with Crippen LogP contribution in [0.5, 0.6) is 0 Å². The summed E-state index contributed by atoms with van der Waals surface area (Å²) in [4.78, 5) is 20.6. The highest BCUT2D eigenvalue weighted by Crippen LogP contribution is 2.24. The minimum atomic E-state index is -0.459. The third-order valence-electron chi connectivity index (χ3n) is 3.68. The highest BCUT2D eigenvalue weighted by molar-refractivity contribution is 7.13. The van der Waals surface area contributed by atoms with Gasteiger partial charge >= 0.3 is 6.03 Å². The molecule has 0 radical (unpaired) electrons. The molecule has 116 valence electrons. The highest BCUT2D eigenvalue weighted by atomic mass is 32.1. The summed E-state index contributed by atoms with van der Waals surface area (Å²) < 4.78 is 0. The smallest absolute Gasteiger partial charge is 0.320 e. The molecule has 7 heteroatoms. The second-order valence-electron chi connectivity index (χ2n) is 5.31. The average molecular weight is 318 g/mol. The largest absolute Gasteiger partial charge is 0.391 e. The molecule has 0 aliphatic heterocycles. The SMILES string of the molecule is O=C(Nc1csc(-c2ccccn2)n1)N[C@@H]1CCCC[C@H]1O. The number of aliphatic hydroxyl groups is 1. The van der Waals surface area contributed by atoms with E-state index in [0.717, 1.165) is 36.4 Å². The van der Waals surface area contributed by atoms with Crippen molar-refractivity contribution in [2.45, 2.75) is 37.8 Å². The number of aromatic nitrogens is 2. The van der Waals surface area contributed by atoms with E-state index >= 15 is 0 Å². The van der Waals surface area contributed by atoms with Gasteiger partial charge < -0.3 is 10.4 Å². The van der Waals surface area contributed by atoms with Gasteiger partial charge in [0.15, 0.2) is 0 Å². The predicted molar refractivity (Wildman–Crippen MR) is 85.8 cm³/mol. The van der Waals surface area contributed by atoms with Gasteiger partial charge in [-0.25, -0.2) is 9.78 Å². The van der Waals surface area contributed by atoms with Gasteiger partial charge in [-0.05, 0) is 25.0 Å². The van der Waals surface area contributed by atoms with Crippen molar-refractivity contribution in [3.63, 3.8) is 0 Å². The van der Waals surface area contributed by atoms with Crippen molar-refractivity contribution >= 4 is 23.2 Å². The number of hydrogen-bond donors (Lipinski definition) is 3. The van der Waals surface area contributed by atoms with Gasteiger partial charge in [-0.3, -0.25) is 10.3 Å². The quantitative estimate of drug-likeness (QED) is 0.812. The second-order valence-corrected chi connectivity index (χ2v) is 6.17. The lowest BCUT2D eigenvalue weighted by atomic mass is 9.93. The maximum Gasteiger partial charge on any atom is 0.320 e. The average Bonchev–Trinajstić information content (AvgIpc) is 2.99. The van der Waals surface area contributed by atoms with Crippen molar-refractivity contribution in [1.29, 1.82) is 0 Å². The highest BCUT2D eigenvalue weighted by Gasteiger charge is 2.24. The van der Waals surface area contributed by atoms with Crippen LogP contribution in [0.15, 0.2) is 29.8 Å². The van der Waals surface area contributed by atoms with Crippen molar-refractivity contribution in [3.05, 3.63) is 29.8 Å². The Hall–Kier alpha value is -1.99. The molecule has 6 nitrogen and oxygen atoms in total. The summed E-state index contributed by atoms with van der Waals surface area (Å²) in [6, 6.07) is 5.11. The zero-order valence-corrected chi connectivity index (χ0v) is 12.8. The van der Waals surface area contributed by atoms with Crippen molar-refractivity contribution in [2.75, 3.05) is 5.32 Å². The van der Waals surface area contributed by atoms with E-state index in [1.807, 2.05) is 18.2 Å². The van der Waals surface area contributed by atoms with Crippen LogP contribution in [-0.2, 0) is 0 Å². The molecule has 2 aromatic rings. The Bertz CT molecular complexity index is 631. The molecule has 0 saturated heterocycles. The molecule has 0 unspecified atom stereocenters. The standard InChI is InChI=1S/C15H18N4O2S/c20-12-7-2-1-5-10(12)17-15(21)19-13-9-22-14(18-13)11-6-3-4-8-16-11/h3-4,6,8-10,12,20H,1-2,5,7H2,(H2,17,19,21)/t10-,12-/m1/s1. The molecule has 0 spiro atoms. The molecule has 22 heavy (non-hydrogen) atoms. The monoisotopic (exact) mass is 318 g/mol. The Morgan fingerprint density at radius 2 is 2.18 bits per heavy atom. The number of carbonyl (C=O) groups is 1. The summed E-state index contributed by atoms with van der Waals surface area (Å²) in [5.41, 5.74) is 0.781. The summed E-state index contributed by atoms with van der Waals surface area (Å²) >= 11 is 1.43. The fraction of sp³-hybridized carbons (Fsp3) is 0.400. The van der Waals surface area contributed by atoms with Gasteiger partial charge in [0.25, 0.3) is 0 Å². The van der Waals surface area contributed by atoms with E-state index in [4.69, 9.17) is 0 Å². The van der Waals surface area contributed by atoms with E-state index in [2.05, 4.69) is 20.6 Å². The van der Waals surface area contributed by atoms with Crippen molar-refractivity contribution in [2.24, 2.45) is 0 Å². The first-order chi connectivity index (χ1) is 10.7. The molecule has 1 aliphatic rings. The Labute approximate surface area is 132 Å². The van der Waals surface area contributed by atoms with Crippen molar-refractivity contribution in [1.82, 2.24) is 15.3 Å². The molecule has 2 heterocycles. The van der Waals surface area contributed by atoms with Crippen LogP contribution in [0.3, 0.4) is 0 Å². The Balaban J connectivity index is 1.59. The lowest BCUT2D eigenvalue weighted by Gasteiger charge is -2.28. The van der Waals surface area contributed by atoms with Crippen LogP contribution in [-0.4, -0.2) is 33.3 Å². The van der Waals surface area contributed by atoms with E-state index in [1.165, 1.54) is 11.3 Å². The number of hydrogen-bond acceptors (Lipinski definition) is 5. The molecule has 0 aromatic carbocycles. The molecule has 2 aromatic heterocycles. The van der Waals surface area contributed by atoms with Gasteiger partial charge in [0, 0.05) is 11.6 Å². The van der Waals surface area contributed by atoms with Crippen molar-refractivity contribution in [3.8, 4) is 10.7 Å². The predicted octanol–water partition coefficient (Wildman–Crippen LogP) is 2.63. The number of amides is 2. The Kier molecular flexibility index (Phi) is 4.65. The summed E-state index contributed by atoms with van der Waals surface area (Å²) in [6.07, 6.45) is 4.85.